The van der Waals surface area contributed by atoms with E-state index in [1.54, 1.807) is 36.4 Å². The molecule has 0 aliphatic rings. The lowest BCUT2D eigenvalue weighted by Gasteiger charge is -2.09. The van der Waals surface area contributed by atoms with Gasteiger partial charge in [0.05, 0.1) is 7.11 Å². The van der Waals surface area contributed by atoms with E-state index >= 15 is 0 Å². The molecule has 0 heterocycles. The Morgan fingerprint density at radius 3 is 2.35 bits per heavy atom. The molecule has 0 aliphatic carbocycles. The molecular formula is C18H15ClO4. The largest absolute Gasteiger partial charge is 0.496 e. The van der Waals surface area contributed by atoms with Crippen LogP contribution < -0.4 is 9.47 Å². The van der Waals surface area contributed by atoms with Crippen molar-refractivity contribution in [3.05, 3.63) is 59.7 Å². The number of hydrogen-bond acceptors (Lipinski definition) is 4. The number of carbonyl (C=O) groups is 2. The fraction of sp³-hybridized carbons (Fsp3) is 0.111. The first-order valence-electron chi connectivity index (χ1n) is 6.84. The molecule has 0 atom stereocenters. The molecule has 2 rings (SSSR count). The Balaban J connectivity index is 2.46. The Labute approximate surface area is 139 Å². The molecule has 0 spiro atoms. The molecule has 0 amide bonds. The third-order valence-electron chi connectivity index (χ3n) is 3.06. The van der Waals surface area contributed by atoms with E-state index in [-0.39, 0.29) is 0 Å². The fourth-order valence-electron chi connectivity index (χ4n) is 2.07. The topological polar surface area (TPSA) is 52.6 Å². The highest BCUT2D eigenvalue weighted by atomic mass is 35.5. The Bertz CT molecular complexity index is 751. The number of esters is 1. The van der Waals surface area contributed by atoms with Gasteiger partial charge in [-0.05, 0) is 35.4 Å². The molecule has 118 valence electrons. The van der Waals surface area contributed by atoms with Crippen LogP contribution in [0.3, 0.4) is 0 Å². The number of carbonyl (C=O) groups excluding carboxylic acids is 2. The van der Waals surface area contributed by atoms with Crippen LogP contribution in [0.25, 0.3) is 11.6 Å². The maximum absolute atomic E-state index is 11.7. The summed E-state index contributed by atoms with van der Waals surface area (Å²) in [7, 11) is 1.49. The summed E-state index contributed by atoms with van der Waals surface area (Å²) in [6.07, 6.45) is 1.64. The maximum atomic E-state index is 11.7. The quantitative estimate of drug-likeness (QED) is 0.274. The van der Waals surface area contributed by atoms with Crippen molar-refractivity contribution in [3.8, 4) is 11.5 Å². The van der Waals surface area contributed by atoms with E-state index in [0.717, 1.165) is 0 Å². The highest BCUT2D eigenvalue weighted by molar-refractivity contribution is 6.75. The third kappa shape index (κ3) is 4.44. The molecule has 0 N–H and O–H groups in total. The van der Waals surface area contributed by atoms with E-state index in [1.165, 1.54) is 14.0 Å². The Morgan fingerprint density at radius 1 is 1.09 bits per heavy atom. The van der Waals surface area contributed by atoms with Gasteiger partial charge in [0.25, 0.3) is 5.24 Å². The van der Waals surface area contributed by atoms with Crippen molar-refractivity contribution in [2.24, 2.45) is 0 Å². The molecule has 0 aliphatic heterocycles. The van der Waals surface area contributed by atoms with Gasteiger partial charge in [0, 0.05) is 24.1 Å². The highest BCUT2D eigenvalue weighted by Gasteiger charge is 2.12. The Hall–Kier alpha value is -2.59. The summed E-state index contributed by atoms with van der Waals surface area (Å²) >= 11 is 5.71. The van der Waals surface area contributed by atoms with Gasteiger partial charge in [-0.15, -0.1) is 0 Å². The standard InChI is InChI=1S/C18H15ClO4/c1-12(20)23-15-9-8-14(17(11-15)22-2)10-16(18(19)21)13-6-4-3-5-7-13/h3-11H,1-2H3/b16-10-. The molecule has 0 aromatic heterocycles. The first-order valence-corrected chi connectivity index (χ1v) is 7.22. The van der Waals surface area contributed by atoms with Crippen molar-refractivity contribution in [2.75, 3.05) is 7.11 Å². The Morgan fingerprint density at radius 2 is 1.78 bits per heavy atom. The van der Waals surface area contributed by atoms with Gasteiger partial charge in [-0.2, -0.15) is 0 Å². The van der Waals surface area contributed by atoms with Gasteiger partial charge in [0.15, 0.2) is 0 Å². The SMILES string of the molecule is COc1cc(OC(C)=O)ccc1/C=C(\C(=O)Cl)c1ccccc1. The average Bonchev–Trinajstić information content (AvgIpc) is 2.53. The van der Waals surface area contributed by atoms with Crippen molar-refractivity contribution in [2.45, 2.75) is 6.92 Å². The number of rotatable bonds is 5. The van der Waals surface area contributed by atoms with E-state index in [2.05, 4.69) is 0 Å². The summed E-state index contributed by atoms with van der Waals surface area (Å²) in [5.74, 6) is 0.413. The van der Waals surface area contributed by atoms with Crippen LogP contribution in [-0.4, -0.2) is 18.3 Å². The van der Waals surface area contributed by atoms with E-state index in [0.29, 0.717) is 28.2 Å². The highest BCUT2D eigenvalue weighted by Crippen LogP contribution is 2.29. The Kier molecular flexibility index (Phi) is 5.55. The van der Waals surface area contributed by atoms with Crippen molar-refractivity contribution >= 4 is 34.5 Å². The lowest BCUT2D eigenvalue weighted by molar-refractivity contribution is -0.131. The van der Waals surface area contributed by atoms with Crippen LogP contribution in [0.5, 0.6) is 11.5 Å². The lowest BCUT2D eigenvalue weighted by Crippen LogP contribution is -2.02. The monoisotopic (exact) mass is 330 g/mol. The summed E-state index contributed by atoms with van der Waals surface area (Å²) in [5, 5.41) is -0.567. The molecule has 4 nitrogen and oxygen atoms in total. The van der Waals surface area contributed by atoms with Gasteiger partial charge >= 0.3 is 5.97 Å². The molecule has 2 aromatic rings. The molecule has 0 fully saturated rings. The zero-order chi connectivity index (χ0) is 16.8. The van der Waals surface area contributed by atoms with Crippen LogP contribution in [0.4, 0.5) is 0 Å². The van der Waals surface area contributed by atoms with Gasteiger partial charge in [-0.1, -0.05) is 30.3 Å². The van der Waals surface area contributed by atoms with Crippen molar-refractivity contribution in [1.29, 1.82) is 0 Å². The second kappa shape index (κ2) is 7.61. The molecule has 0 saturated carbocycles. The minimum absolute atomic E-state index is 0.353. The van der Waals surface area contributed by atoms with Gasteiger partial charge < -0.3 is 9.47 Å². The predicted molar refractivity (Wildman–Crippen MR) is 89.5 cm³/mol. The zero-order valence-electron chi connectivity index (χ0n) is 12.7. The van der Waals surface area contributed by atoms with Gasteiger partial charge in [0.1, 0.15) is 11.5 Å². The minimum Gasteiger partial charge on any atom is -0.496 e. The van der Waals surface area contributed by atoms with Crippen LogP contribution >= 0.6 is 11.6 Å². The van der Waals surface area contributed by atoms with Crippen LogP contribution in [0.15, 0.2) is 48.5 Å². The molecule has 2 aromatic carbocycles. The predicted octanol–water partition coefficient (Wildman–Crippen LogP) is 3.93. The summed E-state index contributed by atoms with van der Waals surface area (Å²) in [4.78, 5) is 22.8. The van der Waals surface area contributed by atoms with E-state index < -0.39 is 11.2 Å². The smallest absolute Gasteiger partial charge is 0.308 e. The van der Waals surface area contributed by atoms with Crippen LogP contribution in [0.1, 0.15) is 18.1 Å². The molecule has 23 heavy (non-hydrogen) atoms. The second-order valence-electron chi connectivity index (χ2n) is 4.70. The molecule has 5 heteroatoms. The van der Waals surface area contributed by atoms with Crippen molar-refractivity contribution < 1.29 is 19.1 Å². The molecule has 0 radical (unpaired) electrons. The number of methoxy groups -OCH3 is 1. The van der Waals surface area contributed by atoms with Gasteiger partial charge in [0.2, 0.25) is 0 Å². The van der Waals surface area contributed by atoms with E-state index in [1.807, 2.05) is 18.2 Å². The van der Waals surface area contributed by atoms with Gasteiger partial charge in [-0.25, -0.2) is 0 Å². The maximum Gasteiger partial charge on any atom is 0.308 e. The summed E-state index contributed by atoms with van der Waals surface area (Å²) in [6, 6.07) is 14.0. The normalized spacial score (nSPS) is 11.0. The zero-order valence-corrected chi connectivity index (χ0v) is 13.5. The number of allylic oxidation sites excluding steroid dienone is 1. The summed E-state index contributed by atoms with van der Waals surface area (Å²) in [6.45, 7) is 1.32. The third-order valence-corrected chi connectivity index (χ3v) is 3.27. The number of hydrogen-bond donors (Lipinski definition) is 0. The number of benzene rings is 2. The number of halogens is 1. The van der Waals surface area contributed by atoms with Crippen molar-refractivity contribution in [3.63, 3.8) is 0 Å². The molecule has 0 saturated heterocycles. The summed E-state index contributed by atoms with van der Waals surface area (Å²) < 4.78 is 10.3. The molecule has 0 unspecified atom stereocenters. The van der Waals surface area contributed by atoms with Crippen LogP contribution in [0, 0.1) is 0 Å². The molecular weight excluding hydrogens is 316 g/mol. The number of ether oxygens (including phenoxy) is 2. The fourth-order valence-corrected chi connectivity index (χ4v) is 2.23. The van der Waals surface area contributed by atoms with Gasteiger partial charge in [-0.3, -0.25) is 9.59 Å². The summed E-state index contributed by atoms with van der Waals surface area (Å²) in [5.41, 5.74) is 1.71. The van der Waals surface area contributed by atoms with E-state index in [4.69, 9.17) is 21.1 Å². The molecule has 0 bridgehead atoms. The first kappa shape index (κ1) is 16.8. The average molecular weight is 331 g/mol. The second-order valence-corrected chi connectivity index (χ2v) is 5.04. The first-order chi connectivity index (χ1) is 11.0. The van der Waals surface area contributed by atoms with Crippen LogP contribution in [0.2, 0.25) is 0 Å². The van der Waals surface area contributed by atoms with E-state index in [9.17, 15) is 9.59 Å². The van der Waals surface area contributed by atoms with Crippen LogP contribution in [-0.2, 0) is 9.59 Å². The van der Waals surface area contributed by atoms with Crippen molar-refractivity contribution in [1.82, 2.24) is 0 Å². The minimum atomic E-state index is -0.567. The lowest BCUT2D eigenvalue weighted by atomic mass is 10.0.